The molecule has 3 atom stereocenters. The van der Waals surface area contributed by atoms with Crippen molar-refractivity contribution < 1.29 is 33.3 Å². The van der Waals surface area contributed by atoms with Crippen LogP contribution in [0.3, 0.4) is 0 Å². The van der Waals surface area contributed by atoms with Crippen molar-refractivity contribution in [3.63, 3.8) is 0 Å². The number of amides is 2. The van der Waals surface area contributed by atoms with Crippen molar-refractivity contribution in [1.29, 1.82) is 0 Å². The van der Waals surface area contributed by atoms with Crippen molar-refractivity contribution in [3.05, 3.63) is 36.5 Å². The number of nitrogens with zero attached hydrogens (tertiary/aromatic N) is 2. The molecule has 10 nitrogen and oxygen atoms in total. The first-order valence-corrected chi connectivity index (χ1v) is 15.3. The lowest BCUT2D eigenvalue weighted by Gasteiger charge is -2.34. The number of carbonyl (C=O) groups excluding carboxylic acids is 3. The maximum absolute atomic E-state index is 14.2. The van der Waals surface area contributed by atoms with Gasteiger partial charge in [0.15, 0.2) is 0 Å². The van der Waals surface area contributed by atoms with Gasteiger partial charge in [0.2, 0.25) is 11.8 Å². The van der Waals surface area contributed by atoms with Gasteiger partial charge in [-0.2, -0.15) is 0 Å². The van der Waals surface area contributed by atoms with Crippen molar-refractivity contribution in [2.75, 3.05) is 26.9 Å². The van der Waals surface area contributed by atoms with Crippen molar-refractivity contribution in [2.45, 2.75) is 83.9 Å². The lowest BCUT2D eigenvalue weighted by atomic mass is 9.83. The Morgan fingerprint density at radius 2 is 1.98 bits per heavy atom. The average molecular weight is 594 g/mol. The highest BCUT2D eigenvalue weighted by atomic mass is 16.6. The molecule has 1 saturated heterocycles. The molecule has 4 bridgehead atoms. The van der Waals surface area contributed by atoms with Gasteiger partial charge in [-0.3, -0.25) is 4.79 Å². The van der Waals surface area contributed by atoms with Crippen LogP contribution in [0, 0.1) is 11.3 Å². The number of rotatable bonds is 4. The van der Waals surface area contributed by atoms with E-state index < -0.39 is 35.7 Å². The van der Waals surface area contributed by atoms with Gasteiger partial charge in [0.25, 0.3) is 0 Å². The molecule has 3 heterocycles. The number of ether oxygens (including phenoxy) is 4. The number of hydrogen-bond donors (Lipinski definition) is 1. The minimum Gasteiger partial charge on any atom is -0.496 e. The van der Waals surface area contributed by atoms with Crippen LogP contribution in [-0.4, -0.2) is 72.9 Å². The fourth-order valence-electron chi connectivity index (χ4n) is 6.64. The van der Waals surface area contributed by atoms with Gasteiger partial charge < -0.3 is 29.2 Å². The Morgan fingerprint density at radius 1 is 1.21 bits per heavy atom. The van der Waals surface area contributed by atoms with E-state index in [1.165, 1.54) is 4.90 Å². The van der Waals surface area contributed by atoms with E-state index in [0.717, 1.165) is 54.0 Å². The summed E-state index contributed by atoms with van der Waals surface area (Å²) in [6.45, 7) is 10.6. The Hall–Kier alpha value is -3.82. The summed E-state index contributed by atoms with van der Waals surface area (Å²) in [5.41, 5.74) is 1.16. The van der Waals surface area contributed by atoms with Gasteiger partial charge in [-0.1, -0.05) is 39.7 Å². The molecule has 10 heteroatoms. The van der Waals surface area contributed by atoms with E-state index >= 15 is 0 Å². The number of pyridine rings is 1. The molecule has 3 aliphatic rings. The number of esters is 1. The van der Waals surface area contributed by atoms with Crippen LogP contribution in [0.5, 0.6) is 11.6 Å². The number of methoxy groups -OCH3 is 1. The van der Waals surface area contributed by atoms with Gasteiger partial charge >= 0.3 is 12.1 Å². The number of hydrogen-bond acceptors (Lipinski definition) is 8. The normalized spacial score (nSPS) is 25.1. The van der Waals surface area contributed by atoms with E-state index in [4.69, 9.17) is 18.9 Å². The summed E-state index contributed by atoms with van der Waals surface area (Å²) in [7, 11) is 1.62. The van der Waals surface area contributed by atoms with Crippen LogP contribution < -0.4 is 14.8 Å². The molecule has 2 amide bonds. The van der Waals surface area contributed by atoms with E-state index in [-0.39, 0.29) is 38.0 Å². The minimum absolute atomic E-state index is 0.0594. The molecule has 0 unspecified atom stereocenters. The van der Waals surface area contributed by atoms with E-state index in [0.29, 0.717) is 18.1 Å². The second-order valence-corrected chi connectivity index (χ2v) is 12.7. The minimum atomic E-state index is -0.843. The smallest absolute Gasteiger partial charge is 0.407 e. The molecule has 1 aromatic heterocycles. The summed E-state index contributed by atoms with van der Waals surface area (Å²) in [6.07, 6.45) is 5.94. The molecule has 232 valence electrons. The summed E-state index contributed by atoms with van der Waals surface area (Å²) in [5, 5.41) is 4.54. The predicted molar refractivity (Wildman–Crippen MR) is 162 cm³/mol. The predicted octanol–water partition coefficient (Wildman–Crippen LogP) is 5.27. The zero-order chi connectivity index (χ0) is 30.7. The van der Waals surface area contributed by atoms with Crippen molar-refractivity contribution in [1.82, 2.24) is 15.2 Å². The quantitative estimate of drug-likeness (QED) is 0.477. The second kappa shape index (κ2) is 12.8. The summed E-state index contributed by atoms with van der Waals surface area (Å²) >= 11 is 0. The highest BCUT2D eigenvalue weighted by molar-refractivity contribution is 5.93. The fourth-order valence-corrected chi connectivity index (χ4v) is 6.64. The van der Waals surface area contributed by atoms with E-state index in [9.17, 15) is 14.4 Å². The second-order valence-electron chi connectivity index (χ2n) is 12.7. The largest absolute Gasteiger partial charge is 0.496 e. The van der Waals surface area contributed by atoms with Gasteiger partial charge in [0.1, 0.15) is 23.9 Å². The van der Waals surface area contributed by atoms with Crippen LogP contribution in [0.1, 0.15) is 71.3 Å². The van der Waals surface area contributed by atoms with Crippen LogP contribution >= 0.6 is 0 Å². The number of carbonyl (C=O) groups is 3. The summed E-state index contributed by atoms with van der Waals surface area (Å²) in [4.78, 5) is 46.7. The lowest BCUT2D eigenvalue weighted by Crippen LogP contribution is -2.55. The molecule has 2 fully saturated rings. The highest BCUT2D eigenvalue weighted by Crippen LogP contribution is 2.39. The van der Waals surface area contributed by atoms with Crippen molar-refractivity contribution >= 4 is 34.3 Å². The maximum Gasteiger partial charge on any atom is 0.407 e. The first kappa shape index (κ1) is 30.6. The third-order valence-electron chi connectivity index (χ3n) is 8.76. The summed E-state index contributed by atoms with van der Waals surface area (Å²) < 4.78 is 23.3. The molecule has 0 radical (unpaired) electrons. The van der Waals surface area contributed by atoms with Gasteiger partial charge in [-0.05, 0) is 61.3 Å². The number of cyclic esters (lactones) is 1. The lowest BCUT2D eigenvalue weighted by molar-refractivity contribution is -0.154. The SMILES string of the molecule is C=C1CC(C)(C)COC(=O)N[C@@H](C2CCCCC2)C(=O)N2C[C@@H](C[C@H]2C(=O)OCC)Oc2nccc3cc(OC)c1cc23. The number of allylic oxidation sites excluding steroid dienone is 1. The van der Waals surface area contributed by atoms with Crippen LogP contribution in [0.4, 0.5) is 4.79 Å². The molecule has 0 spiro atoms. The van der Waals surface area contributed by atoms with Gasteiger partial charge in [-0.25, -0.2) is 14.6 Å². The zero-order valence-corrected chi connectivity index (χ0v) is 25.6. The molecule has 5 rings (SSSR count). The molecule has 1 saturated carbocycles. The molecule has 2 aliphatic heterocycles. The molecule has 43 heavy (non-hydrogen) atoms. The first-order valence-electron chi connectivity index (χ1n) is 15.3. The summed E-state index contributed by atoms with van der Waals surface area (Å²) in [6, 6.07) is 4.11. The third-order valence-corrected chi connectivity index (χ3v) is 8.76. The van der Waals surface area contributed by atoms with Crippen LogP contribution in [0.2, 0.25) is 0 Å². The van der Waals surface area contributed by atoms with Crippen LogP contribution in [0.25, 0.3) is 16.3 Å². The monoisotopic (exact) mass is 593 g/mol. The average Bonchev–Trinajstić information content (AvgIpc) is 3.42. The number of nitrogens with one attached hydrogen (secondary N) is 1. The van der Waals surface area contributed by atoms with Crippen molar-refractivity contribution in [3.8, 4) is 11.6 Å². The van der Waals surface area contributed by atoms with E-state index in [1.807, 2.05) is 32.0 Å². The van der Waals surface area contributed by atoms with Crippen molar-refractivity contribution in [2.24, 2.45) is 11.3 Å². The van der Waals surface area contributed by atoms with Gasteiger partial charge in [0.05, 0.1) is 26.9 Å². The van der Waals surface area contributed by atoms with E-state index in [2.05, 4.69) is 16.9 Å². The molecule has 1 aromatic carbocycles. The van der Waals surface area contributed by atoms with Crippen LogP contribution in [0.15, 0.2) is 31.0 Å². The number of benzene rings is 1. The standard InChI is InChI=1S/C33H43N3O7/c1-6-41-31(38)26-15-23-18-36(26)30(37)28(21-10-8-7-9-11-21)35-32(39)42-19-33(3,4)17-20(2)24-16-25-22(14-27(24)40-5)12-13-34-29(25)43-23/h12-14,16,21,23,26,28H,2,6-11,15,17-19H2,1,3-5H3,(H,35,39)/t23-,26+,28+/m1/s1. The Morgan fingerprint density at radius 3 is 2.70 bits per heavy atom. The highest BCUT2D eigenvalue weighted by Gasteiger charge is 2.46. The molecule has 1 aliphatic carbocycles. The number of alkyl carbamates (subject to hydrolysis) is 1. The van der Waals surface area contributed by atoms with E-state index in [1.54, 1.807) is 20.2 Å². The first-order chi connectivity index (χ1) is 20.6. The zero-order valence-electron chi connectivity index (χ0n) is 25.6. The Kier molecular flexibility index (Phi) is 9.13. The fraction of sp³-hybridized carbons (Fsp3) is 0.576. The Balaban J connectivity index is 1.57. The molecular formula is C33H43N3O7. The van der Waals surface area contributed by atoms with Gasteiger partial charge in [0, 0.05) is 29.0 Å². The van der Waals surface area contributed by atoms with Gasteiger partial charge in [-0.15, -0.1) is 0 Å². The molecular weight excluding hydrogens is 550 g/mol. The number of aromatic nitrogens is 1. The Labute approximate surface area is 253 Å². The third kappa shape index (κ3) is 6.73. The topological polar surface area (TPSA) is 116 Å². The number of fused-ring (bicyclic) bond motifs is 3. The summed E-state index contributed by atoms with van der Waals surface area (Å²) in [5.74, 6) is 0.202. The Bertz CT molecular complexity index is 1380. The molecule has 1 N–H and O–H groups in total. The maximum atomic E-state index is 14.2. The molecule has 2 aromatic rings. The van der Waals surface area contributed by atoms with Crippen LogP contribution in [-0.2, 0) is 19.1 Å².